The number of thiophene rings is 1. The third-order valence-corrected chi connectivity index (χ3v) is 3.25. The maximum atomic E-state index is 10.6. The van der Waals surface area contributed by atoms with Crippen molar-refractivity contribution in [2.75, 3.05) is 0 Å². The SMILES string of the molecule is NC(c1cccc([N+](=O)[O-])c1)c1cccs1. The largest absolute Gasteiger partial charge is 0.320 e. The maximum absolute atomic E-state index is 10.6. The molecule has 1 aromatic carbocycles. The molecule has 0 aliphatic rings. The van der Waals surface area contributed by atoms with Gasteiger partial charge in [-0.1, -0.05) is 18.2 Å². The average molecular weight is 234 g/mol. The Balaban J connectivity index is 2.34. The van der Waals surface area contributed by atoms with Crippen LogP contribution in [0.2, 0.25) is 0 Å². The zero-order chi connectivity index (χ0) is 11.5. The summed E-state index contributed by atoms with van der Waals surface area (Å²) < 4.78 is 0. The predicted molar refractivity (Wildman–Crippen MR) is 63.4 cm³/mol. The molecule has 0 fully saturated rings. The molecular weight excluding hydrogens is 224 g/mol. The molecule has 16 heavy (non-hydrogen) atoms. The number of nitro groups is 1. The Morgan fingerprint density at radius 3 is 2.75 bits per heavy atom. The molecule has 0 radical (unpaired) electrons. The fraction of sp³-hybridized carbons (Fsp3) is 0.0909. The number of rotatable bonds is 3. The van der Waals surface area contributed by atoms with Crippen LogP contribution in [0.4, 0.5) is 5.69 Å². The highest BCUT2D eigenvalue weighted by Crippen LogP contribution is 2.25. The predicted octanol–water partition coefficient (Wildman–Crippen LogP) is 2.70. The minimum absolute atomic E-state index is 0.0736. The molecule has 0 saturated carbocycles. The number of hydrogen-bond acceptors (Lipinski definition) is 4. The Labute approximate surface area is 96.5 Å². The number of nitrogens with two attached hydrogens (primary N) is 1. The van der Waals surface area contributed by atoms with Crippen molar-refractivity contribution >= 4 is 17.0 Å². The van der Waals surface area contributed by atoms with Gasteiger partial charge in [-0.25, -0.2) is 0 Å². The smallest absolute Gasteiger partial charge is 0.269 e. The van der Waals surface area contributed by atoms with Gasteiger partial charge in [0.2, 0.25) is 0 Å². The average Bonchev–Trinajstić information content (AvgIpc) is 2.81. The first-order valence-electron chi connectivity index (χ1n) is 4.72. The summed E-state index contributed by atoms with van der Waals surface area (Å²) >= 11 is 1.55. The topological polar surface area (TPSA) is 69.2 Å². The van der Waals surface area contributed by atoms with E-state index < -0.39 is 4.92 Å². The lowest BCUT2D eigenvalue weighted by atomic mass is 10.1. The summed E-state index contributed by atoms with van der Waals surface area (Å²) in [4.78, 5) is 11.2. The lowest BCUT2D eigenvalue weighted by Gasteiger charge is -2.09. The number of nitro benzene ring substituents is 1. The zero-order valence-electron chi connectivity index (χ0n) is 8.37. The van der Waals surface area contributed by atoms with Gasteiger partial charge in [0.25, 0.3) is 5.69 Å². The van der Waals surface area contributed by atoms with Gasteiger partial charge in [0.05, 0.1) is 11.0 Å². The molecule has 0 aliphatic carbocycles. The molecule has 1 heterocycles. The van der Waals surface area contributed by atoms with Gasteiger partial charge in [-0.3, -0.25) is 10.1 Å². The van der Waals surface area contributed by atoms with E-state index in [1.165, 1.54) is 12.1 Å². The van der Waals surface area contributed by atoms with E-state index >= 15 is 0 Å². The van der Waals surface area contributed by atoms with Crippen LogP contribution in [0.3, 0.4) is 0 Å². The van der Waals surface area contributed by atoms with E-state index in [-0.39, 0.29) is 11.7 Å². The van der Waals surface area contributed by atoms with Crippen molar-refractivity contribution in [1.82, 2.24) is 0 Å². The van der Waals surface area contributed by atoms with Crippen LogP contribution in [-0.4, -0.2) is 4.92 Å². The molecule has 1 unspecified atom stereocenters. The van der Waals surface area contributed by atoms with Crippen LogP contribution in [0.1, 0.15) is 16.5 Å². The summed E-state index contributed by atoms with van der Waals surface area (Å²) in [5, 5.41) is 12.6. The molecule has 0 spiro atoms. The van der Waals surface area contributed by atoms with Crippen LogP contribution in [0, 0.1) is 10.1 Å². The second kappa shape index (κ2) is 4.42. The molecule has 2 aromatic rings. The Hall–Kier alpha value is -1.72. The second-order valence-electron chi connectivity index (χ2n) is 3.35. The monoisotopic (exact) mass is 234 g/mol. The van der Waals surface area contributed by atoms with Crippen molar-refractivity contribution in [3.63, 3.8) is 0 Å². The van der Waals surface area contributed by atoms with Crippen molar-refractivity contribution < 1.29 is 4.92 Å². The van der Waals surface area contributed by atoms with E-state index in [0.717, 1.165) is 10.4 Å². The van der Waals surface area contributed by atoms with Gasteiger partial charge in [-0.05, 0) is 17.0 Å². The Kier molecular flexibility index (Phi) is 2.98. The third-order valence-electron chi connectivity index (χ3n) is 2.29. The Bertz CT molecular complexity index is 496. The van der Waals surface area contributed by atoms with Crippen LogP contribution >= 0.6 is 11.3 Å². The van der Waals surface area contributed by atoms with Crippen molar-refractivity contribution in [3.8, 4) is 0 Å². The van der Waals surface area contributed by atoms with Gasteiger partial charge in [0.15, 0.2) is 0 Å². The van der Waals surface area contributed by atoms with Gasteiger partial charge in [-0.15, -0.1) is 11.3 Å². The number of benzene rings is 1. The molecule has 0 aliphatic heterocycles. The number of nitrogens with zero attached hydrogens (tertiary/aromatic N) is 1. The van der Waals surface area contributed by atoms with E-state index in [9.17, 15) is 10.1 Å². The maximum Gasteiger partial charge on any atom is 0.269 e. The standard InChI is InChI=1S/C11H10N2O2S/c12-11(10-5-2-6-16-10)8-3-1-4-9(7-8)13(14)15/h1-7,11H,12H2. The summed E-state index contributed by atoms with van der Waals surface area (Å²) in [7, 11) is 0. The molecule has 2 N–H and O–H groups in total. The van der Waals surface area contributed by atoms with Gasteiger partial charge < -0.3 is 5.73 Å². The minimum atomic E-state index is -0.412. The first-order valence-corrected chi connectivity index (χ1v) is 5.60. The summed E-state index contributed by atoms with van der Waals surface area (Å²) in [6.07, 6.45) is 0. The Morgan fingerprint density at radius 1 is 1.31 bits per heavy atom. The molecule has 1 aromatic heterocycles. The number of non-ortho nitro benzene ring substituents is 1. The van der Waals surface area contributed by atoms with E-state index in [1.807, 2.05) is 17.5 Å². The first kappa shape index (κ1) is 10.8. The lowest BCUT2D eigenvalue weighted by Crippen LogP contribution is -2.10. The molecule has 0 saturated heterocycles. The van der Waals surface area contributed by atoms with Gasteiger partial charge in [-0.2, -0.15) is 0 Å². The van der Waals surface area contributed by atoms with Crippen LogP contribution in [-0.2, 0) is 0 Å². The molecule has 0 bridgehead atoms. The Morgan fingerprint density at radius 2 is 2.12 bits per heavy atom. The van der Waals surface area contributed by atoms with Crippen LogP contribution in [0.5, 0.6) is 0 Å². The number of hydrogen-bond donors (Lipinski definition) is 1. The van der Waals surface area contributed by atoms with Gasteiger partial charge in [0.1, 0.15) is 0 Å². The van der Waals surface area contributed by atoms with Crippen LogP contribution in [0.25, 0.3) is 0 Å². The highest BCUT2D eigenvalue weighted by Gasteiger charge is 2.13. The summed E-state index contributed by atoms with van der Waals surface area (Å²) in [5.41, 5.74) is 6.85. The summed E-state index contributed by atoms with van der Waals surface area (Å²) in [6.45, 7) is 0. The van der Waals surface area contributed by atoms with E-state index in [2.05, 4.69) is 0 Å². The fourth-order valence-corrected chi connectivity index (χ4v) is 2.22. The van der Waals surface area contributed by atoms with Crippen molar-refractivity contribution in [2.45, 2.75) is 6.04 Å². The van der Waals surface area contributed by atoms with Gasteiger partial charge >= 0.3 is 0 Å². The normalized spacial score (nSPS) is 12.3. The zero-order valence-corrected chi connectivity index (χ0v) is 9.18. The minimum Gasteiger partial charge on any atom is -0.320 e. The van der Waals surface area contributed by atoms with Gasteiger partial charge in [0, 0.05) is 17.0 Å². The molecular formula is C11H10N2O2S. The van der Waals surface area contributed by atoms with E-state index in [4.69, 9.17) is 5.73 Å². The molecule has 2 rings (SSSR count). The molecule has 82 valence electrons. The van der Waals surface area contributed by atoms with E-state index in [1.54, 1.807) is 23.5 Å². The second-order valence-corrected chi connectivity index (χ2v) is 4.32. The molecule has 4 nitrogen and oxygen atoms in total. The molecule has 1 atom stereocenters. The highest BCUT2D eigenvalue weighted by molar-refractivity contribution is 7.10. The molecule has 5 heteroatoms. The first-order chi connectivity index (χ1) is 7.68. The van der Waals surface area contributed by atoms with Crippen LogP contribution in [0.15, 0.2) is 41.8 Å². The summed E-state index contributed by atoms with van der Waals surface area (Å²) in [5.74, 6) is 0. The van der Waals surface area contributed by atoms with Crippen molar-refractivity contribution in [1.29, 1.82) is 0 Å². The third kappa shape index (κ3) is 2.10. The van der Waals surface area contributed by atoms with Crippen molar-refractivity contribution in [2.24, 2.45) is 5.73 Å². The van der Waals surface area contributed by atoms with Crippen LogP contribution < -0.4 is 5.73 Å². The summed E-state index contributed by atoms with van der Waals surface area (Å²) in [6, 6.07) is 9.98. The van der Waals surface area contributed by atoms with E-state index in [0.29, 0.717) is 0 Å². The van der Waals surface area contributed by atoms with Crippen molar-refractivity contribution in [3.05, 3.63) is 62.3 Å². The fourth-order valence-electron chi connectivity index (χ4n) is 1.46. The lowest BCUT2D eigenvalue weighted by molar-refractivity contribution is -0.384. The molecule has 0 amide bonds. The highest BCUT2D eigenvalue weighted by atomic mass is 32.1. The quantitative estimate of drug-likeness (QED) is 0.655.